The van der Waals surface area contributed by atoms with Gasteiger partial charge in [-0.1, -0.05) is 37.6 Å². The molecule has 40 heavy (non-hydrogen) atoms. The van der Waals surface area contributed by atoms with Crippen LogP contribution >= 0.6 is 0 Å². The lowest BCUT2D eigenvalue weighted by atomic mass is 9.78. The number of ether oxygens (including phenoxy) is 2. The number of hydrogen-bond donors (Lipinski definition) is 1. The van der Waals surface area contributed by atoms with Crippen LogP contribution in [0, 0.1) is 40.8 Å². The fraction of sp³-hybridized carbons (Fsp3) is 0.419. The van der Waals surface area contributed by atoms with E-state index in [9.17, 15) is 22.7 Å². The van der Waals surface area contributed by atoms with Gasteiger partial charge >= 0.3 is 0 Å². The van der Waals surface area contributed by atoms with Gasteiger partial charge in [0.1, 0.15) is 6.10 Å². The van der Waals surface area contributed by atoms with Crippen LogP contribution in [0.1, 0.15) is 80.3 Å². The quantitative estimate of drug-likeness (QED) is 0.210. The Morgan fingerprint density at radius 2 is 1.38 bits per heavy atom. The summed E-state index contributed by atoms with van der Waals surface area (Å²) in [5.41, 5.74) is -0.605. The third kappa shape index (κ3) is 5.59. The zero-order valence-corrected chi connectivity index (χ0v) is 22.0. The average Bonchev–Trinajstić information content (AvgIpc) is 3.79. The van der Waals surface area contributed by atoms with E-state index in [4.69, 9.17) is 9.47 Å². The number of rotatable bonds is 9. The van der Waals surface area contributed by atoms with Crippen molar-refractivity contribution in [1.29, 1.82) is 0 Å². The fourth-order valence-corrected chi connectivity index (χ4v) is 5.53. The zero-order chi connectivity index (χ0) is 28.6. The molecule has 3 aromatic rings. The van der Waals surface area contributed by atoms with Crippen LogP contribution in [-0.2, 0) is 4.74 Å². The Hall–Kier alpha value is -3.04. The molecule has 0 bridgehead atoms. The molecule has 2 atom stereocenters. The minimum atomic E-state index is -1.25. The molecule has 5 rings (SSSR count). The van der Waals surface area contributed by atoms with Gasteiger partial charge in [-0.05, 0) is 61.6 Å². The molecule has 1 aliphatic carbocycles. The van der Waals surface area contributed by atoms with E-state index in [1.165, 1.54) is 36.4 Å². The first kappa shape index (κ1) is 28.5. The van der Waals surface area contributed by atoms with Crippen molar-refractivity contribution in [2.24, 2.45) is 5.92 Å². The molecule has 1 saturated carbocycles. The lowest BCUT2D eigenvalue weighted by Crippen LogP contribution is -2.20. The highest BCUT2D eigenvalue weighted by Gasteiger charge is 2.32. The second-order valence-electron chi connectivity index (χ2n) is 10.6. The highest BCUT2D eigenvalue weighted by Crippen LogP contribution is 2.41. The number of aliphatic hydroxyl groups excluding tert-OH is 1. The van der Waals surface area contributed by atoms with Gasteiger partial charge in [-0.3, -0.25) is 0 Å². The molecule has 0 radical (unpaired) electrons. The van der Waals surface area contributed by atoms with Gasteiger partial charge in [-0.2, -0.15) is 4.39 Å². The van der Waals surface area contributed by atoms with Crippen molar-refractivity contribution in [3.63, 3.8) is 0 Å². The molecule has 1 heterocycles. The molecule has 2 fully saturated rings. The second kappa shape index (κ2) is 11.8. The van der Waals surface area contributed by atoms with Gasteiger partial charge < -0.3 is 14.6 Å². The molecule has 2 unspecified atom stereocenters. The van der Waals surface area contributed by atoms with Crippen molar-refractivity contribution in [1.82, 2.24) is 0 Å². The Morgan fingerprint density at radius 1 is 0.775 bits per heavy atom. The van der Waals surface area contributed by atoms with Gasteiger partial charge in [-0.25, -0.2) is 22.0 Å². The molecule has 3 aromatic carbocycles. The van der Waals surface area contributed by atoms with Crippen molar-refractivity contribution in [3.8, 4) is 16.9 Å². The topological polar surface area (TPSA) is 42.0 Å². The standard InChI is InChI=1S/C31H30F6O3/c1-2-3-23(38)21-12-13-24(31(37)29(21)35)39-14-16-4-6-17(7-5-16)18-8-9-19(27(33)26(18)32)20-10-11-22(25-15-40-25)30(36)28(20)34/h8-13,16-17,23,25,38H,2-7,14-15H2,1H3. The van der Waals surface area contributed by atoms with Crippen molar-refractivity contribution in [2.45, 2.75) is 63.6 Å². The molecule has 214 valence electrons. The molecule has 1 N–H and O–H groups in total. The SMILES string of the molecule is CCCC(O)c1ccc(OCC2CCC(c3ccc(-c4ccc(C5CO5)c(F)c4F)c(F)c3F)CC2)c(F)c1F. The summed E-state index contributed by atoms with van der Waals surface area (Å²) in [5.74, 6) is -7.50. The number of benzene rings is 3. The number of epoxide rings is 1. The summed E-state index contributed by atoms with van der Waals surface area (Å²) < 4.78 is 98.8. The van der Waals surface area contributed by atoms with Crippen LogP contribution in [0.3, 0.4) is 0 Å². The fourth-order valence-electron chi connectivity index (χ4n) is 5.53. The molecule has 3 nitrogen and oxygen atoms in total. The largest absolute Gasteiger partial charge is 0.490 e. The zero-order valence-electron chi connectivity index (χ0n) is 22.0. The van der Waals surface area contributed by atoms with Gasteiger partial charge in [0.05, 0.1) is 19.3 Å². The summed E-state index contributed by atoms with van der Waals surface area (Å²) in [7, 11) is 0. The van der Waals surface area contributed by atoms with Crippen LogP contribution in [0.2, 0.25) is 0 Å². The Labute approximate surface area is 228 Å². The highest BCUT2D eigenvalue weighted by atomic mass is 19.2. The Morgan fingerprint density at radius 3 is 1.98 bits per heavy atom. The summed E-state index contributed by atoms with van der Waals surface area (Å²) in [6.07, 6.45) is 1.54. The van der Waals surface area contributed by atoms with E-state index in [0.29, 0.717) is 38.5 Å². The van der Waals surface area contributed by atoms with Gasteiger partial charge in [0.2, 0.25) is 5.82 Å². The summed E-state index contributed by atoms with van der Waals surface area (Å²) >= 11 is 0. The van der Waals surface area contributed by atoms with E-state index in [0.717, 1.165) is 0 Å². The highest BCUT2D eigenvalue weighted by molar-refractivity contribution is 5.66. The third-order valence-corrected chi connectivity index (χ3v) is 7.95. The summed E-state index contributed by atoms with van der Waals surface area (Å²) in [6.45, 7) is 2.24. The van der Waals surface area contributed by atoms with Gasteiger partial charge in [0, 0.05) is 22.3 Å². The molecule has 0 amide bonds. The smallest absolute Gasteiger partial charge is 0.200 e. The minimum absolute atomic E-state index is 0.00211. The van der Waals surface area contributed by atoms with Crippen molar-refractivity contribution >= 4 is 0 Å². The molecule has 1 saturated heterocycles. The molecule has 2 aliphatic rings. The summed E-state index contributed by atoms with van der Waals surface area (Å²) in [5, 5.41) is 10.00. The van der Waals surface area contributed by atoms with E-state index in [2.05, 4.69) is 0 Å². The third-order valence-electron chi connectivity index (χ3n) is 7.95. The number of hydrogen-bond acceptors (Lipinski definition) is 3. The van der Waals surface area contributed by atoms with Crippen LogP contribution in [0.4, 0.5) is 26.3 Å². The molecule has 9 heteroatoms. The minimum Gasteiger partial charge on any atom is -0.490 e. The van der Waals surface area contributed by atoms with Crippen molar-refractivity contribution in [2.75, 3.05) is 13.2 Å². The van der Waals surface area contributed by atoms with E-state index < -0.39 is 47.1 Å². The van der Waals surface area contributed by atoms with Crippen LogP contribution in [0.5, 0.6) is 5.75 Å². The van der Waals surface area contributed by atoms with Crippen LogP contribution in [0.15, 0.2) is 36.4 Å². The van der Waals surface area contributed by atoms with Gasteiger partial charge in [0.15, 0.2) is 34.8 Å². The molecule has 0 aromatic heterocycles. The predicted molar refractivity (Wildman–Crippen MR) is 137 cm³/mol. The first-order chi connectivity index (χ1) is 19.2. The maximum atomic E-state index is 15.1. The molecular formula is C31H30F6O3. The Bertz CT molecular complexity index is 1380. The van der Waals surface area contributed by atoms with Crippen molar-refractivity contribution in [3.05, 3.63) is 88.0 Å². The summed E-state index contributed by atoms with van der Waals surface area (Å²) in [6, 6.07) is 7.86. The predicted octanol–water partition coefficient (Wildman–Crippen LogP) is 8.45. The van der Waals surface area contributed by atoms with E-state index in [-0.39, 0.29) is 58.6 Å². The van der Waals surface area contributed by atoms with E-state index >= 15 is 8.78 Å². The normalized spacial score (nSPS) is 21.4. The summed E-state index contributed by atoms with van der Waals surface area (Å²) in [4.78, 5) is 0. The second-order valence-corrected chi connectivity index (χ2v) is 10.6. The number of aliphatic hydroxyl groups is 1. The van der Waals surface area contributed by atoms with E-state index in [1.807, 2.05) is 6.92 Å². The lowest BCUT2D eigenvalue weighted by molar-refractivity contribution is 0.159. The first-order valence-electron chi connectivity index (χ1n) is 13.6. The average molecular weight is 565 g/mol. The van der Waals surface area contributed by atoms with E-state index in [1.54, 1.807) is 0 Å². The van der Waals surface area contributed by atoms with Crippen molar-refractivity contribution < 1.29 is 40.9 Å². The molecule has 1 aliphatic heterocycles. The van der Waals surface area contributed by atoms with Crippen LogP contribution in [0.25, 0.3) is 11.1 Å². The maximum absolute atomic E-state index is 15.1. The monoisotopic (exact) mass is 564 g/mol. The Kier molecular flexibility index (Phi) is 8.42. The van der Waals surface area contributed by atoms with Gasteiger partial charge in [0.25, 0.3) is 0 Å². The molecule has 0 spiro atoms. The molecular weight excluding hydrogens is 534 g/mol. The van der Waals surface area contributed by atoms with Crippen LogP contribution in [-0.4, -0.2) is 18.3 Å². The number of halogens is 6. The Balaban J connectivity index is 1.22. The lowest BCUT2D eigenvalue weighted by Gasteiger charge is -2.29. The van der Waals surface area contributed by atoms with Gasteiger partial charge in [-0.15, -0.1) is 0 Å². The first-order valence-corrected chi connectivity index (χ1v) is 13.6. The maximum Gasteiger partial charge on any atom is 0.200 e. The van der Waals surface area contributed by atoms with Crippen LogP contribution < -0.4 is 4.74 Å².